The van der Waals surface area contributed by atoms with Gasteiger partial charge in [0.05, 0.1) is 6.10 Å². The second-order valence-electron chi connectivity index (χ2n) is 4.59. The third-order valence-electron chi connectivity index (χ3n) is 3.17. The minimum absolute atomic E-state index is 0.465. The minimum atomic E-state index is 0.465. The monoisotopic (exact) mass is 183 g/mol. The first-order valence-corrected chi connectivity index (χ1v) is 5.69. The largest absolute Gasteiger partial charge is 0.378 e. The zero-order chi connectivity index (χ0) is 9.10. The van der Waals surface area contributed by atoms with Gasteiger partial charge in [-0.25, -0.2) is 0 Å². The van der Waals surface area contributed by atoms with Crippen LogP contribution in [0, 0.1) is 5.92 Å². The SMILES string of the molecule is CC1CC(NCCC2CC2)CCO1. The summed E-state index contributed by atoms with van der Waals surface area (Å²) in [4.78, 5) is 0. The molecule has 1 aliphatic heterocycles. The Kier molecular flexibility index (Phi) is 3.23. The second-order valence-corrected chi connectivity index (χ2v) is 4.59. The van der Waals surface area contributed by atoms with E-state index in [-0.39, 0.29) is 0 Å². The highest BCUT2D eigenvalue weighted by atomic mass is 16.5. The molecule has 1 saturated heterocycles. The Balaban J connectivity index is 1.56. The zero-order valence-corrected chi connectivity index (χ0v) is 8.59. The van der Waals surface area contributed by atoms with Crippen LogP contribution >= 0.6 is 0 Å². The first-order valence-electron chi connectivity index (χ1n) is 5.69. The molecule has 0 amide bonds. The van der Waals surface area contributed by atoms with Crippen molar-refractivity contribution in [1.82, 2.24) is 5.32 Å². The van der Waals surface area contributed by atoms with Gasteiger partial charge in [-0.05, 0) is 38.6 Å². The summed E-state index contributed by atoms with van der Waals surface area (Å²) in [6.45, 7) is 4.35. The first-order chi connectivity index (χ1) is 6.34. The molecule has 1 N–H and O–H groups in total. The van der Waals surface area contributed by atoms with Gasteiger partial charge in [0.1, 0.15) is 0 Å². The normalized spacial score (nSPS) is 34.8. The van der Waals surface area contributed by atoms with Crippen LogP contribution in [0.1, 0.15) is 39.0 Å². The molecule has 1 aliphatic carbocycles. The molecule has 1 saturated carbocycles. The van der Waals surface area contributed by atoms with E-state index in [9.17, 15) is 0 Å². The summed E-state index contributed by atoms with van der Waals surface area (Å²) in [6, 6.07) is 0.725. The highest BCUT2D eigenvalue weighted by molar-refractivity contribution is 4.77. The number of hydrogen-bond donors (Lipinski definition) is 1. The van der Waals surface area contributed by atoms with Crippen LogP contribution in [0.4, 0.5) is 0 Å². The van der Waals surface area contributed by atoms with Crippen molar-refractivity contribution in [3.05, 3.63) is 0 Å². The molecule has 0 aromatic carbocycles. The van der Waals surface area contributed by atoms with E-state index in [0.717, 1.165) is 18.6 Å². The smallest absolute Gasteiger partial charge is 0.0561 e. The average molecular weight is 183 g/mol. The lowest BCUT2D eigenvalue weighted by molar-refractivity contribution is 0.0133. The molecule has 2 aliphatic rings. The van der Waals surface area contributed by atoms with Gasteiger partial charge in [-0.1, -0.05) is 12.8 Å². The van der Waals surface area contributed by atoms with E-state index in [1.807, 2.05) is 0 Å². The van der Waals surface area contributed by atoms with Crippen LogP contribution in [0.25, 0.3) is 0 Å². The van der Waals surface area contributed by atoms with Crippen molar-refractivity contribution in [1.29, 1.82) is 0 Å². The quantitative estimate of drug-likeness (QED) is 0.719. The maximum atomic E-state index is 5.51. The molecule has 0 spiro atoms. The van der Waals surface area contributed by atoms with Crippen molar-refractivity contribution >= 4 is 0 Å². The summed E-state index contributed by atoms with van der Waals surface area (Å²) in [6.07, 6.45) is 7.22. The molecule has 13 heavy (non-hydrogen) atoms. The van der Waals surface area contributed by atoms with Crippen molar-refractivity contribution < 1.29 is 4.74 Å². The summed E-state index contributed by atoms with van der Waals surface area (Å²) in [7, 11) is 0. The molecule has 76 valence electrons. The Morgan fingerprint density at radius 1 is 1.31 bits per heavy atom. The van der Waals surface area contributed by atoms with E-state index in [1.54, 1.807) is 0 Å². The molecule has 2 unspecified atom stereocenters. The van der Waals surface area contributed by atoms with Crippen LogP contribution in [0.15, 0.2) is 0 Å². The molecular weight excluding hydrogens is 162 g/mol. The van der Waals surface area contributed by atoms with Gasteiger partial charge in [0.25, 0.3) is 0 Å². The fraction of sp³-hybridized carbons (Fsp3) is 1.00. The predicted molar refractivity (Wildman–Crippen MR) is 53.8 cm³/mol. The number of ether oxygens (including phenoxy) is 1. The van der Waals surface area contributed by atoms with Crippen LogP contribution in [0.2, 0.25) is 0 Å². The number of hydrogen-bond acceptors (Lipinski definition) is 2. The van der Waals surface area contributed by atoms with Gasteiger partial charge in [-0.2, -0.15) is 0 Å². The van der Waals surface area contributed by atoms with Crippen LogP contribution < -0.4 is 5.32 Å². The number of rotatable bonds is 4. The van der Waals surface area contributed by atoms with Gasteiger partial charge in [0, 0.05) is 12.6 Å². The third-order valence-corrected chi connectivity index (χ3v) is 3.17. The molecule has 0 aromatic rings. The Morgan fingerprint density at radius 2 is 2.15 bits per heavy atom. The van der Waals surface area contributed by atoms with E-state index in [1.165, 1.54) is 38.6 Å². The van der Waals surface area contributed by atoms with E-state index in [4.69, 9.17) is 4.74 Å². The molecule has 2 nitrogen and oxygen atoms in total. The lowest BCUT2D eigenvalue weighted by Gasteiger charge is -2.28. The molecular formula is C11H21NO. The minimum Gasteiger partial charge on any atom is -0.378 e. The average Bonchev–Trinajstić information content (AvgIpc) is 2.88. The van der Waals surface area contributed by atoms with Gasteiger partial charge in [-0.3, -0.25) is 0 Å². The maximum Gasteiger partial charge on any atom is 0.0561 e. The Bertz CT molecular complexity index is 156. The van der Waals surface area contributed by atoms with Crippen molar-refractivity contribution in [2.75, 3.05) is 13.2 Å². The van der Waals surface area contributed by atoms with Crippen molar-refractivity contribution in [2.24, 2.45) is 5.92 Å². The Morgan fingerprint density at radius 3 is 2.85 bits per heavy atom. The molecule has 0 aromatic heterocycles. The van der Waals surface area contributed by atoms with Crippen molar-refractivity contribution in [3.63, 3.8) is 0 Å². The highest BCUT2D eigenvalue weighted by Crippen LogP contribution is 2.31. The summed E-state index contributed by atoms with van der Waals surface area (Å²) in [5.74, 6) is 1.06. The molecule has 2 fully saturated rings. The Hall–Kier alpha value is -0.0800. The molecule has 2 atom stereocenters. The second kappa shape index (κ2) is 4.43. The van der Waals surface area contributed by atoms with Gasteiger partial charge in [0.2, 0.25) is 0 Å². The van der Waals surface area contributed by atoms with Crippen molar-refractivity contribution in [2.45, 2.75) is 51.2 Å². The Labute approximate surface area is 81.0 Å². The van der Waals surface area contributed by atoms with Crippen LogP contribution in [-0.4, -0.2) is 25.3 Å². The fourth-order valence-corrected chi connectivity index (χ4v) is 2.08. The molecule has 2 rings (SSSR count). The fourth-order valence-electron chi connectivity index (χ4n) is 2.08. The van der Waals surface area contributed by atoms with E-state index in [2.05, 4.69) is 12.2 Å². The molecule has 1 heterocycles. The molecule has 0 bridgehead atoms. The zero-order valence-electron chi connectivity index (χ0n) is 8.59. The lowest BCUT2D eigenvalue weighted by atomic mass is 10.0. The summed E-state index contributed by atoms with van der Waals surface area (Å²) in [5, 5.41) is 3.64. The van der Waals surface area contributed by atoms with Crippen LogP contribution in [-0.2, 0) is 4.74 Å². The predicted octanol–water partition coefficient (Wildman–Crippen LogP) is 1.94. The van der Waals surface area contributed by atoms with E-state index >= 15 is 0 Å². The lowest BCUT2D eigenvalue weighted by Crippen LogP contribution is -2.38. The van der Waals surface area contributed by atoms with Gasteiger partial charge in [-0.15, -0.1) is 0 Å². The summed E-state index contributed by atoms with van der Waals surface area (Å²) < 4.78 is 5.51. The third kappa shape index (κ3) is 3.28. The highest BCUT2D eigenvalue weighted by Gasteiger charge is 2.22. The molecule has 0 radical (unpaired) electrons. The van der Waals surface area contributed by atoms with Gasteiger partial charge < -0.3 is 10.1 Å². The van der Waals surface area contributed by atoms with Crippen molar-refractivity contribution in [3.8, 4) is 0 Å². The maximum absolute atomic E-state index is 5.51. The topological polar surface area (TPSA) is 21.3 Å². The number of nitrogens with one attached hydrogen (secondary N) is 1. The van der Waals surface area contributed by atoms with E-state index in [0.29, 0.717) is 6.10 Å². The first kappa shape index (κ1) is 9.47. The van der Waals surface area contributed by atoms with Crippen LogP contribution in [0.3, 0.4) is 0 Å². The van der Waals surface area contributed by atoms with E-state index < -0.39 is 0 Å². The van der Waals surface area contributed by atoms with Gasteiger partial charge >= 0.3 is 0 Å². The molecule has 2 heteroatoms. The summed E-state index contributed by atoms with van der Waals surface area (Å²) >= 11 is 0. The summed E-state index contributed by atoms with van der Waals surface area (Å²) in [5.41, 5.74) is 0. The van der Waals surface area contributed by atoms with Gasteiger partial charge in [0.15, 0.2) is 0 Å². The standard InChI is InChI=1S/C11H21NO/c1-9-8-11(5-7-13-9)12-6-4-10-2-3-10/h9-12H,2-8H2,1H3. The van der Waals surface area contributed by atoms with Crippen LogP contribution in [0.5, 0.6) is 0 Å².